The minimum absolute atomic E-state index is 0.431. The van der Waals surface area contributed by atoms with Crippen molar-refractivity contribution in [3.05, 3.63) is 28.2 Å². The Morgan fingerprint density at radius 1 is 1.29 bits per heavy atom. The van der Waals surface area contributed by atoms with Crippen LogP contribution < -0.4 is 4.90 Å². The fourth-order valence-corrected chi connectivity index (χ4v) is 2.37. The summed E-state index contributed by atoms with van der Waals surface area (Å²) in [4.78, 5) is 2.25. The van der Waals surface area contributed by atoms with Crippen LogP contribution in [0, 0.1) is 5.92 Å². The summed E-state index contributed by atoms with van der Waals surface area (Å²) < 4.78 is 0.974. The van der Waals surface area contributed by atoms with E-state index in [0.29, 0.717) is 0 Å². The summed E-state index contributed by atoms with van der Waals surface area (Å²) in [6.45, 7) is 7.31. The van der Waals surface area contributed by atoms with Crippen molar-refractivity contribution in [3.8, 4) is 0 Å². The minimum atomic E-state index is -0.431. The van der Waals surface area contributed by atoms with Crippen LogP contribution in [-0.2, 0) is 0 Å². The number of anilines is 1. The van der Waals surface area contributed by atoms with E-state index >= 15 is 0 Å². The number of hydrogen-bond donors (Lipinski definition) is 1. The van der Waals surface area contributed by atoms with Crippen LogP contribution in [0.2, 0.25) is 0 Å². The number of benzene rings is 1. The second-order valence-corrected chi connectivity index (χ2v) is 5.84. The van der Waals surface area contributed by atoms with Crippen molar-refractivity contribution in [2.24, 2.45) is 5.92 Å². The zero-order valence-corrected chi connectivity index (χ0v) is 12.7. The van der Waals surface area contributed by atoms with E-state index in [2.05, 4.69) is 53.9 Å². The third-order valence-electron chi connectivity index (χ3n) is 2.92. The Morgan fingerprint density at radius 3 is 2.41 bits per heavy atom. The van der Waals surface area contributed by atoms with E-state index in [1.54, 1.807) is 6.92 Å². The lowest BCUT2D eigenvalue weighted by Gasteiger charge is -2.21. The highest BCUT2D eigenvalue weighted by atomic mass is 79.9. The Balaban J connectivity index is 2.75. The number of aliphatic hydroxyl groups excluding tert-OH is 1. The van der Waals surface area contributed by atoms with E-state index in [4.69, 9.17) is 0 Å². The maximum absolute atomic E-state index is 9.57. The molecule has 1 aromatic carbocycles. The molecule has 1 aromatic rings. The molecule has 96 valence electrons. The summed E-state index contributed by atoms with van der Waals surface area (Å²) >= 11 is 3.51. The first-order chi connectivity index (χ1) is 7.91. The molecule has 0 radical (unpaired) electrons. The Bertz CT molecular complexity index is 363. The summed E-state index contributed by atoms with van der Waals surface area (Å²) in [6, 6.07) is 6.12. The van der Waals surface area contributed by atoms with Gasteiger partial charge in [0.1, 0.15) is 0 Å². The second-order valence-electron chi connectivity index (χ2n) is 4.99. The standard InChI is InChI=1S/C14H22BrNO/c1-10(2)7-8-16(4)12-5-6-13(11(3)17)14(15)9-12/h5-6,9-11,17H,7-8H2,1-4H3/t11-/m0/s1. The molecule has 2 nitrogen and oxygen atoms in total. The van der Waals surface area contributed by atoms with Gasteiger partial charge in [0, 0.05) is 23.8 Å². The average molecular weight is 300 g/mol. The molecule has 0 saturated heterocycles. The highest BCUT2D eigenvalue weighted by Gasteiger charge is 2.09. The topological polar surface area (TPSA) is 23.5 Å². The maximum Gasteiger partial charge on any atom is 0.0772 e. The lowest BCUT2D eigenvalue weighted by molar-refractivity contribution is 0.198. The second kappa shape index (κ2) is 6.41. The maximum atomic E-state index is 9.57. The first-order valence-electron chi connectivity index (χ1n) is 6.10. The fraction of sp³-hybridized carbons (Fsp3) is 0.571. The Morgan fingerprint density at radius 2 is 1.94 bits per heavy atom. The molecule has 0 spiro atoms. The van der Waals surface area contributed by atoms with Crippen molar-refractivity contribution in [3.63, 3.8) is 0 Å². The van der Waals surface area contributed by atoms with Gasteiger partial charge < -0.3 is 10.0 Å². The highest BCUT2D eigenvalue weighted by Crippen LogP contribution is 2.28. The highest BCUT2D eigenvalue weighted by molar-refractivity contribution is 9.10. The molecule has 0 aliphatic carbocycles. The lowest BCUT2D eigenvalue weighted by Crippen LogP contribution is -2.19. The molecular weight excluding hydrogens is 278 g/mol. The van der Waals surface area contributed by atoms with Crippen LogP contribution in [0.15, 0.2) is 22.7 Å². The van der Waals surface area contributed by atoms with Crippen LogP contribution in [0.4, 0.5) is 5.69 Å². The van der Waals surface area contributed by atoms with Gasteiger partial charge in [-0.25, -0.2) is 0 Å². The fourth-order valence-electron chi connectivity index (χ4n) is 1.67. The van der Waals surface area contributed by atoms with Crippen LogP contribution >= 0.6 is 15.9 Å². The minimum Gasteiger partial charge on any atom is -0.389 e. The molecule has 0 aliphatic rings. The molecule has 0 unspecified atom stereocenters. The molecule has 1 rings (SSSR count). The van der Waals surface area contributed by atoms with Crippen LogP contribution in [0.3, 0.4) is 0 Å². The van der Waals surface area contributed by atoms with E-state index in [1.165, 1.54) is 12.1 Å². The van der Waals surface area contributed by atoms with Gasteiger partial charge in [0.25, 0.3) is 0 Å². The molecule has 0 aliphatic heterocycles. The molecule has 17 heavy (non-hydrogen) atoms. The van der Waals surface area contributed by atoms with E-state index in [0.717, 1.165) is 22.5 Å². The summed E-state index contributed by atoms with van der Waals surface area (Å²) in [6.07, 6.45) is 0.756. The van der Waals surface area contributed by atoms with Crippen molar-refractivity contribution in [2.45, 2.75) is 33.3 Å². The van der Waals surface area contributed by atoms with Crippen molar-refractivity contribution in [1.82, 2.24) is 0 Å². The zero-order chi connectivity index (χ0) is 13.0. The normalized spacial score (nSPS) is 12.9. The first kappa shape index (κ1) is 14.5. The van der Waals surface area contributed by atoms with Crippen molar-refractivity contribution < 1.29 is 5.11 Å². The van der Waals surface area contributed by atoms with E-state index in [1.807, 2.05) is 6.07 Å². The first-order valence-corrected chi connectivity index (χ1v) is 6.89. The summed E-state index contributed by atoms with van der Waals surface area (Å²) in [5, 5.41) is 9.57. The Hall–Kier alpha value is -0.540. The van der Waals surface area contributed by atoms with Gasteiger partial charge in [-0.3, -0.25) is 0 Å². The molecule has 0 fully saturated rings. The van der Waals surface area contributed by atoms with Gasteiger partial charge >= 0.3 is 0 Å². The van der Waals surface area contributed by atoms with Crippen LogP contribution in [0.1, 0.15) is 38.9 Å². The molecule has 1 atom stereocenters. The van der Waals surface area contributed by atoms with Gasteiger partial charge in [-0.2, -0.15) is 0 Å². The number of rotatable bonds is 5. The average Bonchev–Trinajstić information content (AvgIpc) is 2.25. The van der Waals surface area contributed by atoms with Crippen LogP contribution in [0.25, 0.3) is 0 Å². The predicted molar refractivity (Wildman–Crippen MR) is 77.5 cm³/mol. The van der Waals surface area contributed by atoms with E-state index < -0.39 is 6.10 Å². The zero-order valence-electron chi connectivity index (χ0n) is 11.1. The molecule has 0 amide bonds. The van der Waals surface area contributed by atoms with Gasteiger partial charge in [-0.15, -0.1) is 0 Å². The Labute approximate surface area is 113 Å². The largest absolute Gasteiger partial charge is 0.389 e. The van der Waals surface area contributed by atoms with Crippen molar-refractivity contribution in [2.75, 3.05) is 18.5 Å². The summed E-state index contributed by atoms with van der Waals surface area (Å²) in [7, 11) is 2.10. The molecule has 0 bridgehead atoms. The third kappa shape index (κ3) is 4.32. The quantitative estimate of drug-likeness (QED) is 0.889. The smallest absolute Gasteiger partial charge is 0.0772 e. The van der Waals surface area contributed by atoms with Gasteiger partial charge in [0.15, 0.2) is 0 Å². The third-order valence-corrected chi connectivity index (χ3v) is 3.60. The van der Waals surface area contributed by atoms with E-state index in [9.17, 15) is 5.11 Å². The van der Waals surface area contributed by atoms with Gasteiger partial charge in [-0.05, 0) is 37.0 Å². The number of aliphatic hydroxyl groups is 1. The van der Waals surface area contributed by atoms with Crippen molar-refractivity contribution >= 4 is 21.6 Å². The van der Waals surface area contributed by atoms with Gasteiger partial charge in [-0.1, -0.05) is 35.8 Å². The van der Waals surface area contributed by atoms with Crippen LogP contribution in [0.5, 0.6) is 0 Å². The van der Waals surface area contributed by atoms with Crippen molar-refractivity contribution in [1.29, 1.82) is 0 Å². The molecule has 1 N–H and O–H groups in total. The molecule has 0 heterocycles. The summed E-state index contributed by atoms with van der Waals surface area (Å²) in [5.74, 6) is 0.720. The SMILES string of the molecule is CC(C)CCN(C)c1ccc([C@H](C)O)c(Br)c1. The summed E-state index contributed by atoms with van der Waals surface area (Å²) in [5.41, 5.74) is 2.12. The van der Waals surface area contributed by atoms with E-state index in [-0.39, 0.29) is 0 Å². The van der Waals surface area contributed by atoms with Gasteiger partial charge in [0.05, 0.1) is 6.10 Å². The predicted octanol–water partition coefficient (Wildman–Crippen LogP) is 3.98. The lowest BCUT2D eigenvalue weighted by atomic mass is 10.1. The Kier molecular flexibility index (Phi) is 5.47. The molecule has 3 heteroatoms. The molecule has 0 aromatic heterocycles. The molecule has 0 saturated carbocycles. The van der Waals surface area contributed by atoms with Crippen LogP contribution in [-0.4, -0.2) is 18.7 Å². The monoisotopic (exact) mass is 299 g/mol. The number of nitrogens with zero attached hydrogens (tertiary/aromatic N) is 1. The van der Waals surface area contributed by atoms with Gasteiger partial charge in [0.2, 0.25) is 0 Å². The number of hydrogen-bond acceptors (Lipinski definition) is 2. The molecular formula is C14H22BrNO. The number of halogens is 1.